The molecule has 0 bridgehead atoms. The molecule has 0 aromatic heterocycles. The number of ether oxygens (including phenoxy) is 2. The van der Waals surface area contributed by atoms with Crippen LogP contribution in [0.3, 0.4) is 0 Å². The molecule has 98 valence electrons. The molecule has 1 unspecified atom stereocenters. The molecular formula is C12H28N2O2. The van der Waals surface area contributed by atoms with Crippen molar-refractivity contribution in [3.05, 3.63) is 0 Å². The van der Waals surface area contributed by atoms with E-state index in [4.69, 9.17) is 15.2 Å². The number of hydrogen-bond acceptors (Lipinski definition) is 4. The highest BCUT2D eigenvalue weighted by Crippen LogP contribution is 2.08. The fourth-order valence-electron chi connectivity index (χ4n) is 2.00. The lowest BCUT2D eigenvalue weighted by Gasteiger charge is -2.32. The normalized spacial score (nSPS) is 13.7. The highest BCUT2D eigenvalue weighted by molar-refractivity contribution is 4.74. The van der Waals surface area contributed by atoms with E-state index in [1.807, 2.05) is 0 Å². The average Bonchev–Trinajstić information content (AvgIpc) is 2.27. The van der Waals surface area contributed by atoms with Crippen LogP contribution in [0.25, 0.3) is 0 Å². The fourth-order valence-corrected chi connectivity index (χ4v) is 2.00. The molecule has 0 spiro atoms. The molecule has 0 radical (unpaired) electrons. The summed E-state index contributed by atoms with van der Waals surface area (Å²) in [5, 5.41) is 0. The van der Waals surface area contributed by atoms with Crippen LogP contribution in [0.15, 0.2) is 0 Å². The van der Waals surface area contributed by atoms with Gasteiger partial charge >= 0.3 is 0 Å². The number of nitrogens with zero attached hydrogens (tertiary/aromatic N) is 1. The van der Waals surface area contributed by atoms with Crippen LogP contribution < -0.4 is 5.73 Å². The standard InChI is InChI=1S/C12H28N2O2/c1-5-12(6-2)14(7-8-15-3)9-11(13)10-16-4/h11-12H,5-10,13H2,1-4H3. The van der Waals surface area contributed by atoms with Gasteiger partial charge in [-0.2, -0.15) is 0 Å². The van der Waals surface area contributed by atoms with Gasteiger partial charge < -0.3 is 15.2 Å². The van der Waals surface area contributed by atoms with Gasteiger partial charge in [0.25, 0.3) is 0 Å². The summed E-state index contributed by atoms with van der Waals surface area (Å²) in [5.74, 6) is 0. The van der Waals surface area contributed by atoms with E-state index in [1.165, 1.54) is 0 Å². The van der Waals surface area contributed by atoms with Crippen LogP contribution in [-0.2, 0) is 9.47 Å². The van der Waals surface area contributed by atoms with Gasteiger partial charge in [0.1, 0.15) is 0 Å². The Morgan fingerprint density at radius 3 is 2.19 bits per heavy atom. The Morgan fingerprint density at radius 2 is 1.75 bits per heavy atom. The minimum Gasteiger partial charge on any atom is -0.383 e. The molecule has 0 saturated heterocycles. The zero-order valence-corrected chi connectivity index (χ0v) is 11.2. The van der Waals surface area contributed by atoms with Gasteiger partial charge in [-0.25, -0.2) is 0 Å². The van der Waals surface area contributed by atoms with Crippen molar-refractivity contribution in [2.45, 2.75) is 38.8 Å². The molecule has 2 N–H and O–H groups in total. The predicted octanol–water partition coefficient (Wildman–Crippen LogP) is 1.10. The van der Waals surface area contributed by atoms with Crippen LogP contribution in [0.4, 0.5) is 0 Å². The van der Waals surface area contributed by atoms with E-state index >= 15 is 0 Å². The largest absolute Gasteiger partial charge is 0.383 e. The van der Waals surface area contributed by atoms with Gasteiger partial charge in [0.2, 0.25) is 0 Å². The van der Waals surface area contributed by atoms with E-state index in [-0.39, 0.29) is 6.04 Å². The Kier molecular flexibility index (Phi) is 9.92. The first kappa shape index (κ1) is 15.8. The van der Waals surface area contributed by atoms with Crippen LogP contribution in [0.5, 0.6) is 0 Å². The van der Waals surface area contributed by atoms with Crippen molar-refractivity contribution in [3.63, 3.8) is 0 Å². The zero-order valence-electron chi connectivity index (χ0n) is 11.2. The summed E-state index contributed by atoms with van der Waals surface area (Å²) in [6, 6.07) is 0.681. The third-order valence-corrected chi connectivity index (χ3v) is 2.89. The molecular weight excluding hydrogens is 204 g/mol. The second kappa shape index (κ2) is 10.0. The lowest BCUT2D eigenvalue weighted by atomic mass is 10.1. The Bertz CT molecular complexity index is 152. The molecule has 0 amide bonds. The van der Waals surface area contributed by atoms with Gasteiger partial charge in [0, 0.05) is 39.4 Å². The fraction of sp³-hybridized carbons (Fsp3) is 1.00. The third-order valence-electron chi connectivity index (χ3n) is 2.89. The van der Waals surface area contributed by atoms with Crippen molar-refractivity contribution in [2.24, 2.45) is 5.73 Å². The van der Waals surface area contributed by atoms with Crippen molar-refractivity contribution >= 4 is 0 Å². The van der Waals surface area contributed by atoms with Crippen molar-refractivity contribution in [2.75, 3.05) is 40.5 Å². The van der Waals surface area contributed by atoms with E-state index in [0.29, 0.717) is 12.6 Å². The maximum Gasteiger partial charge on any atom is 0.0626 e. The maximum absolute atomic E-state index is 6.00. The summed E-state index contributed by atoms with van der Waals surface area (Å²) in [5.41, 5.74) is 6.00. The van der Waals surface area contributed by atoms with E-state index in [2.05, 4.69) is 18.7 Å². The Labute approximate surface area is 100 Å². The first-order valence-corrected chi connectivity index (χ1v) is 6.17. The Balaban J connectivity index is 4.17. The van der Waals surface area contributed by atoms with Crippen molar-refractivity contribution in [1.82, 2.24) is 4.90 Å². The van der Waals surface area contributed by atoms with Crippen LogP contribution >= 0.6 is 0 Å². The highest BCUT2D eigenvalue weighted by atomic mass is 16.5. The van der Waals surface area contributed by atoms with E-state index in [0.717, 1.165) is 32.5 Å². The van der Waals surface area contributed by atoms with Gasteiger partial charge in [0.05, 0.1) is 13.2 Å². The highest BCUT2D eigenvalue weighted by Gasteiger charge is 2.17. The summed E-state index contributed by atoms with van der Waals surface area (Å²) in [6.07, 6.45) is 2.31. The van der Waals surface area contributed by atoms with Gasteiger partial charge in [-0.3, -0.25) is 4.90 Å². The van der Waals surface area contributed by atoms with Gasteiger partial charge in [-0.1, -0.05) is 13.8 Å². The van der Waals surface area contributed by atoms with E-state index in [9.17, 15) is 0 Å². The summed E-state index contributed by atoms with van der Waals surface area (Å²) in [7, 11) is 3.43. The van der Waals surface area contributed by atoms with Gasteiger partial charge in [-0.15, -0.1) is 0 Å². The summed E-state index contributed by atoms with van der Waals surface area (Å²) >= 11 is 0. The molecule has 0 fully saturated rings. The minimum atomic E-state index is 0.0856. The molecule has 0 heterocycles. The lowest BCUT2D eigenvalue weighted by molar-refractivity contribution is 0.0939. The second-order valence-electron chi connectivity index (χ2n) is 4.17. The molecule has 4 heteroatoms. The van der Waals surface area contributed by atoms with Crippen LogP contribution in [0.2, 0.25) is 0 Å². The first-order valence-electron chi connectivity index (χ1n) is 6.17. The van der Waals surface area contributed by atoms with Gasteiger partial charge in [-0.05, 0) is 12.8 Å². The number of nitrogens with two attached hydrogens (primary N) is 1. The molecule has 0 saturated carbocycles. The molecule has 4 nitrogen and oxygen atoms in total. The maximum atomic E-state index is 6.00. The summed E-state index contributed by atoms with van der Waals surface area (Å²) in [4.78, 5) is 2.41. The minimum absolute atomic E-state index is 0.0856. The Hall–Kier alpha value is -0.160. The number of rotatable bonds is 10. The quantitative estimate of drug-likeness (QED) is 0.613. The predicted molar refractivity (Wildman–Crippen MR) is 67.7 cm³/mol. The molecule has 0 aliphatic rings. The number of methoxy groups -OCH3 is 2. The monoisotopic (exact) mass is 232 g/mol. The van der Waals surface area contributed by atoms with Crippen molar-refractivity contribution in [1.29, 1.82) is 0 Å². The van der Waals surface area contributed by atoms with Crippen molar-refractivity contribution < 1.29 is 9.47 Å². The van der Waals surface area contributed by atoms with E-state index < -0.39 is 0 Å². The lowest BCUT2D eigenvalue weighted by Crippen LogP contribution is -2.46. The molecule has 1 atom stereocenters. The summed E-state index contributed by atoms with van der Waals surface area (Å²) < 4.78 is 10.2. The average molecular weight is 232 g/mol. The molecule has 0 aromatic rings. The Morgan fingerprint density at radius 1 is 1.12 bits per heavy atom. The third kappa shape index (κ3) is 6.43. The SMILES string of the molecule is CCC(CC)N(CCOC)CC(N)COC. The molecule has 0 rings (SSSR count). The molecule has 16 heavy (non-hydrogen) atoms. The van der Waals surface area contributed by atoms with Crippen LogP contribution in [0.1, 0.15) is 26.7 Å². The molecule has 0 aliphatic carbocycles. The molecule has 0 aliphatic heterocycles. The topological polar surface area (TPSA) is 47.7 Å². The first-order chi connectivity index (χ1) is 7.69. The summed E-state index contributed by atoms with van der Waals surface area (Å²) in [6.45, 7) is 7.63. The van der Waals surface area contributed by atoms with Crippen LogP contribution in [-0.4, -0.2) is 57.5 Å². The van der Waals surface area contributed by atoms with Gasteiger partial charge in [0.15, 0.2) is 0 Å². The second-order valence-corrected chi connectivity index (χ2v) is 4.17. The zero-order chi connectivity index (χ0) is 12.4. The van der Waals surface area contributed by atoms with E-state index in [1.54, 1.807) is 14.2 Å². The molecule has 0 aromatic carbocycles. The van der Waals surface area contributed by atoms with Crippen molar-refractivity contribution in [3.8, 4) is 0 Å². The van der Waals surface area contributed by atoms with Crippen LogP contribution in [0, 0.1) is 0 Å². The smallest absolute Gasteiger partial charge is 0.0626 e. The number of hydrogen-bond donors (Lipinski definition) is 1.